The average Bonchev–Trinajstić information content (AvgIpc) is 3.49. The van der Waals surface area contributed by atoms with Crippen molar-refractivity contribution in [3.05, 3.63) is 41.6 Å². The SMILES string of the molecule is CNc1cc(NC2CCOCC2)nc2c(-c3ccc(C(=O)NC4CC4)c(C)c3)cnn12. The van der Waals surface area contributed by atoms with E-state index in [0.717, 1.165) is 78.4 Å². The van der Waals surface area contributed by atoms with E-state index >= 15 is 0 Å². The molecule has 0 radical (unpaired) electrons. The van der Waals surface area contributed by atoms with Gasteiger partial charge < -0.3 is 20.7 Å². The summed E-state index contributed by atoms with van der Waals surface area (Å²) in [6, 6.07) is 8.59. The molecule has 31 heavy (non-hydrogen) atoms. The van der Waals surface area contributed by atoms with E-state index in [-0.39, 0.29) is 5.91 Å². The molecule has 2 fully saturated rings. The normalized spacial score (nSPS) is 17.0. The molecule has 1 saturated carbocycles. The molecule has 162 valence electrons. The third-order valence-electron chi connectivity index (χ3n) is 6.00. The smallest absolute Gasteiger partial charge is 0.251 e. The first-order valence-corrected chi connectivity index (χ1v) is 10.9. The van der Waals surface area contributed by atoms with Crippen molar-refractivity contribution >= 4 is 23.2 Å². The summed E-state index contributed by atoms with van der Waals surface area (Å²) in [4.78, 5) is 17.4. The Kier molecular flexibility index (Phi) is 5.23. The van der Waals surface area contributed by atoms with Crippen LogP contribution >= 0.6 is 0 Å². The molecule has 2 aliphatic rings. The third kappa shape index (κ3) is 4.07. The van der Waals surface area contributed by atoms with Crippen LogP contribution in [0.1, 0.15) is 41.6 Å². The highest BCUT2D eigenvalue weighted by atomic mass is 16.5. The van der Waals surface area contributed by atoms with Gasteiger partial charge in [-0.2, -0.15) is 9.61 Å². The zero-order valence-electron chi connectivity index (χ0n) is 17.9. The number of carbonyl (C=O) groups is 1. The van der Waals surface area contributed by atoms with Gasteiger partial charge in [-0.25, -0.2) is 4.98 Å². The van der Waals surface area contributed by atoms with Crippen molar-refractivity contribution in [3.8, 4) is 11.1 Å². The number of benzene rings is 1. The van der Waals surface area contributed by atoms with Gasteiger partial charge in [-0.05, 0) is 49.8 Å². The predicted octanol–water partition coefficient (Wildman–Crippen LogP) is 3.23. The van der Waals surface area contributed by atoms with Crippen LogP contribution in [0.25, 0.3) is 16.8 Å². The molecule has 1 saturated heterocycles. The number of fused-ring (bicyclic) bond motifs is 1. The van der Waals surface area contributed by atoms with E-state index in [1.165, 1.54) is 0 Å². The van der Waals surface area contributed by atoms with Gasteiger partial charge in [-0.15, -0.1) is 0 Å². The maximum Gasteiger partial charge on any atom is 0.251 e. The maximum atomic E-state index is 12.5. The number of anilines is 2. The minimum atomic E-state index is 0.00459. The van der Waals surface area contributed by atoms with Gasteiger partial charge >= 0.3 is 0 Å². The second-order valence-corrected chi connectivity index (χ2v) is 8.38. The fourth-order valence-electron chi connectivity index (χ4n) is 4.05. The third-order valence-corrected chi connectivity index (χ3v) is 6.00. The number of hydrogen-bond donors (Lipinski definition) is 3. The molecule has 0 bridgehead atoms. The molecule has 8 heteroatoms. The summed E-state index contributed by atoms with van der Waals surface area (Å²) < 4.78 is 7.28. The minimum absolute atomic E-state index is 0.00459. The van der Waals surface area contributed by atoms with Crippen LogP contribution in [0, 0.1) is 6.92 Å². The number of nitrogens with one attached hydrogen (secondary N) is 3. The van der Waals surface area contributed by atoms with Gasteiger partial charge in [0.25, 0.3) is 5.91 Å². The molecule has 1 aromatic carbocycles. The molecular weight excluding hydrogens is 392 g/mol. The van der Waals surface area contributed by atoms with Crippen molar-refractivity contribution in [1.82, 2.24) is 19.9 Å². The fourth-order valence-corrected chi connectivity index (χ4v) is 4.05. The molecule has 1 aliphatic carbocycles. The van der Waals surface area contributed by atoms with Crippen molar-refractivity contribution in [1.29, 1.82) is 0 Å². The Hall–Kier alpha value is -3.13. The zero-order valence-corrected chi connectivity index (χ0v) is 17.9. The van der Waals surface area contributed by atoms with E-state index in [1.807, 2.05) is 48.9 Å². The summed E-state index contributed by atoms with van der Waals surface area (Å²) in [6.07, 6.45) is 5.93. The van der Waals surface area contributed by atoms with E-state index in [9.17, 15) is 4.79 Å². The van der Waals surface area contributed by atoms with Gasteiger partial charge in [0, 0.05) is 49.5 Å². The van der Waals surface area contributed by atoms with Gasteiger partial charge in [0.05, 0.1) is 6.20 Å². The molecule has 0 atom stereocenters. The summed E-state index contributed by atoms with van der Waals surface area (Å²) in [5.74, 6) is 1.69. The summed E-state index contributed by atoms with van der Waals surface area (Å²) in [7, 11) is 1.88. The lowest BCUT2D eigenvalue weighted by Gasteiger charge is -2.24. The number of ether oxygens (including phenoxy) is 1. The quantitative estimate of drug-likeness (QED) is 0.567. The molecule has 5 rings (SSSR count). The highest BCUT2D eigenvalue weighted by Gasteiger charge is 2.24. The molecule has 3 heterocycles. The number of aromatic nitrogens is 3. The van der Waals surface area contributed by atoms with E-state index in [4.69, 9.17) is 9.72 Å². The van der Waals surface area contributed by atoms with Crippen LogP contribution in [0.15, 0.2) is 30.5 Å². The van der Waals surface area contributed by atoms with Gasteiger partial charge in [0.15, 0.2) is 5.65 Å². The fraction of sp³-hybridized carbons (Fsp3) is 0.435. The van der Waals surface area contributed by atoms with E-state index in [0.29, 0.717) is 12.1 Å². The van der Waals surface area contributed by atoms with Crippen LogP contribution < -0.4 is 16.0 Å². The van der Waals surface area contributed by atoms with Crippen molar-refractivity contribution in [2.75, 3.05) is 30.9 Å². The highest BCUT2D eigenvalue weighted by Crippen LogP contribution is 2.29. The molecule has 1 aliphatic heterocycles. The summed E-state index contributed by atoms with van der Waals surface area (Å²) >= 11 is 0. The number of rotatable bonds is 6. The lowest BCUT2D eigenvalue weighted by Crippen LogP contribution is -2.28. The first-order chi connectivity index (χ1) is 15.1. The lowest BCUT2D eigenvalue weighted by molar-refractivity contribution is 0.0903. The topological polar surface area (TPSA) is 92.6 Å². The van der Waals surface area contributed by atoms with Crippen LogP contribution in [0.4, 0.5) is 11.6 Å². The Bertz CT molecular complexity index is 1110. The minimum Gasteiger partial charge on any atom is -0.381 e. The summed E-state index contributed by atoms with van der Waals surface area (Å²) in [5, 5.41) is 14.4. The first kappa shape index (κ1) is 19.8. The Labute approximate surface area is 181 Å². The molecule has 1 amide bonds. The largest absolute Gasteiger partial charge is 0.381 e. The second-order valence-electron chi connectivity index (χ2n) is 8.38. The number of aryl methyl sites for hydroxylation is 1. The average molecular weight is 421 g/mol. The number of nitrogens with zero attached hydrogens (tertiary/aromatic N) is 3. The van der Waals surface area contributed by atoms with Crippen LogP contribution in [0.3, 0.4) is 0 Å². The number of carbonyl (C=O) groups excluding carboxylic acids is 1. The Morgan fingerprint density at radius 1 is 1.13 bits per heavy atom. The molecular formula is C23H28N6O2. The van der Waals surface area contributed by atoms with Crippen LogP contribution in [0.2, 0.25) is 0 Å². The molecule has 0 unspecified atom stereocenters. The van der Waals surface area contributed by atoms with E-state index < -0.39 is 0 Å². The van der Waals surface area contributed by atoms with Crippen LogP contribution in [-0.4, -0.2) is 52.9 Å². The van der Waals surface area contributed by atoms with Crippen LogP contribution in [-0.2, 0) is 4.74 Å². The van der Waals surface area contributed by atoms with Gasteiger partial charge in [-0.1, -0.05) is 12.1 Å². The molecule has 8 nitrogen and oxygen atoms in total. The Morgan fingerprint density at radius 3 is 2.65 bits per heavy atom. The van der Waals surface area contributed by atoms with E-state index in [1.54, 1.807) is 0 Å². The molecule has 0 spiro atoms. The van der Waals surface area contributed by atoms with Crippen molar-refractivity contribution < 1.29 is 9.53 Å². The first-order valence-electron chi connectivity index (χ1n) is 10.9. The molecule has 3 N–H and O–H groups in total. The van der Waals surface area contributed by atoms with Crippen LogP contribution in [0.5, 0.6) is 0 Å². The van der Waals surface area contributed by atoms with Crippen molar-refractivity contribution in [2.45, 2.75) is 44.7 Å². The maximum absolute atomic E-state index is 12.5. The number of hydrogen-bond acceptors (Lipinski definition) is 6. The Morgan fingerprint density at radius 2 is 1.94 bits per heavy atom. The standard InChI is InChI=1S/C23H28N6O2/c1-14-11-15(3-6-18(14)23(30)27-16-4-5-16)19-13-25-29-21(24-2)12-20(28-22(19)29)26-17-7-9-31-10-8-17/h3,6,11-13,16-17,24H,4-5,7-10H2,1-2H3,(H,26,28)(H,27,30). The number of amides is 1. The van der Waals surface area contributed by atoms with Gasteiger partial charge in [0.1, 0.15) is 11.6 Å². The zero-order chi connectivity index (χ0) is 21.4. The monoisotopic (exact) mass is 420 g/mol. The summed E-state index contributed by atoms with van der Waals surface area (Å²) in [5.41, 5.74) is 4.37. The van der Waals surface area contributed by atoms with Crippen molar-refractivity contribution in [2.24, 2.45) is 0 Å². The lowest BCUT2D eigenvalue weighted by atomic mass is 10.0. The van der Waals surface area contributed by atoms with Crippen molar-refractivity contribution in [3.63, 3.8) is 0 Å². The molecule has 2 aromatic heterocycles. The van der Waals surface area contributed by atoms with E-state index in [2.05, 4.69) is 21.0 Å². The summed E-state index contributed by atoms with van der Waals surface area (Å²) in [6.45, 7) is 3.52. The highest BCUT2D eigenvalue weighted by molar-refractivity contribution is 5.97. The van der Waals surface area contributed by atoms with Gasteiger partial charge in [-0.3, -0.25) is 4.79 Å². The molecule has 3 aromatic rings. The Balaban J connectivity index is 1.48. The predicted molar refractivity (Wildman–Crippen MR) is 121 cm³/mol. The second kappa shape index (κ2) is 8.19. The van der Waals surface area contributed by atoms with Gasteiger partial charge in [0.2, 0.25) is 0 Å².